The topological polar surface area (TPSA) is 26.3 Å². The van der Waals surface area contributed by atoms with Crippen molar-refractivity contribution in [3.63, 3.8) is 0 Å². The van der Waals surface area contributed by atoms with E-state index in [1.54, 1.807) is 0 Å². The van der Waals surface area contributed by atoms with E-state index in [9.17, 15) is 4.79 Å². The summed E-state index contributed by atoms with van der Waals surface area (Å²) in [6, 6.07) is 0. The number of carbonyl (C=O) groups excluding carboxylic acids is 1. The third-order valence-corrected chi connectivity index (χ3v) is 7.77. The van der Waals surface area contributed by atoms with E-state index < -0.39 is 0 Å². The van der Waals surface area contributed by atoms with Crippen LogP contribution in [-0.4, -0.2) is 12.4 Å². The molecule has 0 spiro atoms. The molecule has 126 valence electrons. The molecular formula is C21H30O2. The molecule has 0 aromatic heterocycles. The lowest BCUT2D eigenvalue weighted by atomic mass is 9.49. The molecule has 0 aromatic rings. The molecule has 2 heteroatoms. The monoisotopic (exact) mass is 314 g/mol. The summed E-state index contributed by atoms with van der Waals surface area (Å²) in [4.78, 5) is 12.4. The molecule has 5 atom stereocenters. The lowest BCUT2D eigenvalue weighted by Crippen LogP contribution is -2.49. The minimum atomic E-state index is -0.0101. The molecule has 2 saturated carbocycles. The zero-order valence-corrected chi connectivity index (χ0v) is 14.9. The first kappa shape index (κ1) is 15.5. The first-order chi connectivity index (χ1) is 11.0. The third kappa shape index (κ3) is 2.09. The van der Waals surface area contributed by atoms with E-state index in [2.05, 4.69) is 32.9 Å². The summed E-state index contributed by atoms with van der Waals surface area (Å²) < 4.78 is 5.79. The number of carbonyl (C=O) groups is 1. The van der Waals surface area contributed by atoms with Crippen molar-refractivity contribution in [3.05, 3.63) is 23.5 Å². The van der Waals surface area contributed by atoms with Gasteiger partial charge in [0.15, 0.2) is 0 Å². The maximum absolute atomic E-state index is 12.4. The van der Waals surface area contributed by atoms with Crippen LogP contribution in [-0.2, 0) is 9.53 Å². The van der Waals surface area contributed by atoms with Crippen LogP contribution in [0.15, 0.2) is 23.5 Å². The number of hydrogen-bond donors (Lipinski definition) is 0. The smallest absolute Gasteiger partial charge is 0.139 e. The van der Waals surface area contributed by atoms with Gasteiger partial charge in [-0.15, -0.1) is 0 Å². The van der Waals surface area contributed by atoms with Gasteiger partial charge in [0.1, 0.15) is 5.78 Å². The fraction of sp³-hybridized carbons (Fsp3) is 0.762. The summed E-state index contributed by atoms with van der Waals surface area (Å²) in [6.45, 7) is 7.58. The second-order valence-electron chi connectivity index (χ2n) is 8.65. The minimum absolute atomic E-state index is 0.0101. The molecule has 4 aliphatic carbocycles. The Morgan fingerprint density at radius 1 is 1.13 bits per heavy atom. The van der Waals surface area contributed by atoms with Gasteiger partial charge >= 0.3 is 0 Å². The van der Waals surface area contributed by atoms with Crippen molar-refractivity contribution >= 4 is 5.78 Å². The van der Waals surface area contributed by atoms with E-state index in [0.29, 0.717) is 17.1 Å². The summed E-state index contributed by atoms with van der Waals surface area (Å²) in [7, 11) is 0. The van der Waals surface area contributed by atoms with Gasteiger partial charge in [-0.05, 0) is 73.8 Å². The highest BCUT2D eigenvalue weighted by molar-refractivity contribution is 5.87. The average molecular weight is 314 g/mol. The Labute approximate surface area is 140 Å². The molecule has 0 N–H and O–H groups in total. The van der Waals surface area contributed by atoms with Crippen molar-refractivity contribution in [2.24, 2.45) is 28.6 Å². The molecule has 4 rings (SSSR count). The third-order valence-electron chi connectivity index (χ3n) is 7.77. The van der Waals surface area contributed by atoms with Crippen molar-refractivity contribution in [2.45, 2.75) is 65.7 Å². The van der Waals surface area contributed by atoms with Crippen LogP contribution >= 0.6 is 0 Å². The molecule has 0 saturated heterocycles. The highest BCUT2D eigenvalue weighted by atomic mass is 16.5. The van der Waals surface area contributed by atoms with E-state index >= 15 is 0 Å². The molecule has 2 fully saturated rings. The van der Waals surface area contributed by atoms with Crippen LogP contribution in [0.4, 0.5) is 0 Å². The number of fused-ring (bicyclic) bond motifs is 5. The second-order valence-corrected chi connectivity index (χ2v) is 8.65. The zero-order valence-electron chi connectivity index (χ0n) is 14.9. The number of hydrogen-bond acceptors (Lipinski definition) is 2. The van der Waals surface area contributed by atoms with E-state index in [1.165, 1.54) is 30.6 Å². The normalized spacial score (nSPS) is 45.5. The average Bonchev–Trinajstić information content (AvgIpc) is 2.84. The maximum Gasteiger partial charge on any atom is 0.139 e. The van der Waals surface area contributed by atoms with Gasteiger partial charge in [-0.1, -0.05) is 19.9 Å². The summed E-state index contributed by atoms with van der Waals surface area (Å²) in [5.41, 5.74) is 1.81. The minimum Gasteiger partial charge on any atom is -0.498 e. The van der Waals surface area contributed by atoms with E-state index in [1.807, 2.05) is 0 Å². The molecule has 0 aliphatic heterocycles. The summed E-state index contributed by atoms with van der Waals surface area (Å²) in [6.07, 6.45) is 12.6. The van der Waals surface area contributed by atoms with Crippen molar-refractivity contribution in [2.75, 3.05) is 6.61 Å². The number of ether oxygens (including phenoxy) is 1. The molecular weight excluding hydrogens is 284 g/mol. The largest absolute Gasteiger partial charge is 0.498 e. The zero-order chi connectivity index (χ0) is 16.2. The number of allylic oxidation sites excluding steroid dienone is 4. The Morgan fingerprint density at radius 2 is 1.91 bits per heavy atom. The Hall–Kier alpha value is -1.05. The molecule has 0 aromatic carbocycles. The predicted octanol–water partition coefficient (Wildman–Crippen LogP) is 5.05. The van der Waals surface area contributed by atoms with Gasteiger partial charge in [0.25, 0.3) is 0 Å². The van der Waals surface area contributed by atoms with Crippen LogP contribution < -0.4 is 0 Å². The molecule has 4 aliphatic rings. The van der Waals surface area contributed by atoms with E-state index in [-0.39, 0.29) is 5.41 Å². The Bertz CT molecular complexity index is 587. The van der Waals surface area contributed by atoms with Crippen molar-refractivity contribution in [1.29, 1.82) is 0 Å². The fourth-order valence-corrected chi connectivity index (χ4v) is 6.37. The number of Topliss-reactive ketones (excluding diaryl/α,β-unsaturated/α-hetero) is 1. The highest BCUT2D eigenvalue weighted by Crippen LogP contribution is 2.63. The SMILES string of the molecule is CCOC1=CC2=CCC3C(CC[C@]4(C)C(=O)CCC34)[C@@]2(C)CC1. The lowest BCUT2D eigenvalue weighted by molar-refractivity contribution is -0.131. The summed E-state index contributed by atoms with van der Waals surface area (Å²) in [5, 5.41) is 0. The highest BCUT2D eigenvalue weighted by Gasteiger charge is 2.58. The van der Waals surface area contributed by atoms with Gasteiger partial charge in [-0.25, -0.2) is 0 Å². The molecule has 3 unspecified atom stereocenters. The Kier molecular flexibility index (Phi) is 3.52. The van der Waals surface area contributed by atoms with Crippen LogP contribution in [0.3, 0.4) is 0 Å². The second kappa shape index (κ2) is 5.22. The van der Waals surface area contributed by atoms with Gasteiger partial charge in [0, 0.05) is 18.3 Å². The van der Waals surface area contributed by atoms with Gasteiger partial charge in [0.05, 0.1) is 12.4 Å². The summed E-state index contributed by atoms with van der Waals surface area (Å²) >= 11 is 0. The quantitative estimate of drug-likeness (QED) is 0.713. The molecule has 0 bridgehead atoms. The van der Waals surface area contributed by atoms with Gasteiger partial charge in [-0.2, -0.15) is 0 Å². The standard InChI is InChI=1S/C21H30O2/c1-4-23-15-9-11-20(2)14(13-15)5-6-16-17-7-8-19(22)21(17,3)12-10-18(16)20/h5,13,16-18H,4,6-12H2,1-3H3/t16?,17?,18?,20-,21-/m0/s1. The van der Waals surface area contributed by atoms with E-state index in [4.69, 9.17) is 4.74 Å². The van der Waals surface area contributed by atoms with Crippen LogP contribution in [0.1, 0.15) is 65.7 Å². The van der Waals surface area contributed by atoms with Crippen LogP contribution in [0.2, 0.25) is 0 Å². The van der Waals surface area contributed by atoms with E-state index in [0.717, 1.165) is 44.1 Å². The first-order valence-corrected chi connectivity index (χ1v) is 9.56. The summed E-state index contributed by atoms with van der Waals surface area (Å²) in [5.74, 6) is 3.82. The molecule has 0 radical (unpaired) electrons. The molecule has 2 nitrogen and oxygen atoms in total. The van der Waals surface area contributed by atoms with Gasteiger partial charge < -0.3 is 4.74 Å². The Balaban J connectivity index is 1.67. The number of ketones is 1. The van der Waals surface area contributed by atoms with Gasteiger partial charge in [0.2, 0.25) is 0 Å². The molecule has 0 heterocycles. The maximum atomic E-state index is 12.4. The fourth-order valence-electron chi connectivity index (χ4n) is 6.37. The van der Waals surface area contributed by atoms with Gasteiger partial charge in [-0.3, -0.25) is 4.79 Å². The van der Waals surface area contributed by atoms with Crippen LogP contribution in [0.25, 0.3) is 0 Å². The number of rotatable bonds is 2. The van der Waals surface area contributed by atoms with Crippen molar-refractivity contribution in [3.8, 4) is 0 Å². The molecule has 0 amide bonds. The Morgan fingerprint density at radius 3 is 2.70 bits per heavy atom. The molecule has 23 heavy (non-hydrogen) atoms. The lowest BCUT2D eigenvalue weighted by Gasteiger charge is -2.55. The predicted molar refractivity (Wildman–Crippen MR) is 91.8 cm³/mol. The van der Waals surface area contributed by atoms with Crippen LogP contribution in [0, 0.1) is 28.6 Å². The van der Waals surface area contributed by atoms with Crippen LogP contribution in [0.5, 0.6) is 0 Å². The van der Waals surface area contributed by atoms with Crippen molar-refractivity contribution in [1.82, 2.24) is 0 Å². The van der Waals surface area contributed by atoms with Crippen molar-refractivity contribution < 1.29 is 9.53 Å². The first-order valence-electron chi connectivity index (χ1n) is 9.56.